The first-order valence-corrected chi connectivity index (χ1v) is 8.54. The fourth-order valence-electron chi connectivity index (χ4n) is 3.45. The van der Waals surface area contributed by atoms with Gasteiger partial charge in [-0.05, 0) is 0 Å². The quantitative estimate of drug-likeness (QED) is 0.604. The number of benzene rings is 1. The first-order valence-electron chi connectivity index (χ1n) is 8.54. The van der Waals surface area contributed by atoms with Crippen LogP contribution in [-0.2, 0) is 19.6 Å². The van der Waals surface area contributed by atoms with Crippen molar-refractivity contribution in [3.8, 4) is 11.4 Å². The topological polar surface area (TPSA) is 84.1 Å². The van der Waals surface area contributed by atoms with E-state index in [1.54, 1.807) is 18.3 Å². The summed E-state index contributed by atoms with van der Waals surface area (Å²) in [6, 6.07) is 13.5. The van der Waals surface area contributed by atoms with E-state index in [1.165, 1.54) is 4.52 Å². The van der Waals surface area contributed by atoms with Gasteiger partial charge in [0.05, 0.1) is 12.7 Å². The Morgan fingerprint density at radius 2 is 1.96 bits per heavy atom. The maximum Gasteiger partial charge on any atom is 0.274 e. The van der Waals surface area contributed by atoms with E-state index < -0.39 is 0 Å². The van der Waals surface area contributed by atoms with E-state index >= 15 is 0 Å². The Kier molecular flexibility index (Phi) is 3.42. The van der Waals surface area contributed by atoms with Gasteiger partial charge in [0.2, 0.25) is 0 Å². The summed E-state index contributed by atoms with van der Waals surface area (Å²) in [4.78, 5) is 17.6. The molecule has 8 nitrogen and oxygen atoms in total. The standard InChI is InChI=1S/C18H17N7O/c26-17-10-14(20-15-6-7-19-25(15)17)11-23-8-9-24-16(12-23)21-22-18(24)13-4-2-1-3-5-13/h1-7,10,20H,8-9,11-12H2. The predicted octanol–water partition coefficient (Wildman–Crippen LogP) is 1.30. The first kappa shape index (κ1) is 15.0. The molecular formula is C18H17N7O. The zero-order valence-electron chi connectivity index (χ0n) is 14.0. The summed E-state index contributed by atoms with van der Waals surface area (Å²) in [5.74, 6) is 1.86. The highest BCUT2D eigenvalue weighted by Crippen LogP contribution is 2.22. The lowest BCUT2D eigenvalue weighted by Gasteiger charge is -2.27. The molecule has 0 saturated carbocycles. The molecular weight excluding hydrogens is 330 g/mol. The Bertz CT molecular complexity index is 1130. The van der Waals surface area contributed by atoms with E-state index in [1.807, 2.05) is 18.2 Å². The number of hydrogen-bond acceptors (Lipinski definition) is 5. The monoisotopic (exact) mass is 347 g/mol. The molecule has 4 aromatic rings. The largest absolute Gasteiger partial charge is 0.342 e. The number of aromatic nitrogens is 6. The van der Waals surface area contributed by atoms with Gasteiger partial charge in [-0.15, -0.1) is 10.2 Å². The van der Waals surface area contributed by atoms with Gasteiger partial charge in [-0.3, -0.25) is 9.69 Å². The molecule has 0 spiro atoms. The highest BCUT2D eigenvalue weighted by Gasteiger charge is 2.22. The second kappa shape index (κ2) is 5.92. The van der Waals surface area contributed by atoms with Gasteiger partial charge >= 0.3 is 0 Å². The Balaban J connectivity index is 1.39. The van der Waals surface area contributed by atoms with Crippen molar-refractivity contribution in [1.29, 1.82) is 0 Å². The number of nitrogens with zero attached hydrogens (tertiary/aromatic N) is 6. The molecule has 26 heavy (non-hydrogen) atoms. The minimum absolute atomic E-state index is 0.120. The van der Waals surface area contributed by atoms with Crippen molar-refractivity contribution in [2.24, 2.45) is 0 Å². The van der Waals surface area contributed by atoms with E-state index in [0.29, 0.717) is 18.7 Å². The molecule has 130 valence electrons. The second-order valence-corrected chi connectivity index (χ2v) is 6.43. The SMILES string of the molecule is O=c1cc(CN2CCn3c(nnc3-c3ccccc3)C2)[nH]c2ccnn12. The van der Waals surface area contributed by atoms with Gasteiger partial charge in [0, 0.05) is 43.0 Å². The molecule has 0 amide bonds. The number of nitrogens with one attached hydrogen (secondary N) is 1. The van der Waals surface area contributed by atoms with Crippen molar-refractivity contribution in [2.45, 2.75) is 19.6 Å². The summed E-state index contributed by atoms with van der Waals surface area (Å²) in [7, 11) is 0. The summed E-state index contributed by atoms with van der Waals surface area (Å²) in [6.07, 6.45) is 1.62. The summed E-state index contributed by atoms with van der Waals surface area (Å²) < 4.78 is 3.54. The van der Waals surface area contributed by atoms with Crippen LogP contribution in [0.15, 0.2) is 53.5 Å². The number of fused-ring (bicyclic) bond motifs is 2. The molecule has 5 rings (SSSR count). The van der Waals surface area contributed by atoms with Crippen LogP contribution in [0.25, 0.3) is 17.0 Å². The minimum Gasteiger partial charge on any atom is -0.342 e. The van der Waals surface area contributed by atoms with Crippen molar-refractivity contribution in [3.05, 3.63) is 70.5 Å². The summed E-state index contributed by atoms with van der Waals surface area (Å²) in [6.45, 7) is 3.06. The lowest BCUT2D eigenvalue weighted by molar-refractivity contribution is 0.207. The van der Waals surface area contributed by atoms with E-state index in [4.69, 9.17) is 0 Å². The van der Waals surface area contributed by atoms with Crippen LogP contribution >= 0.6 is 0 Å². The molecule has 0 atom stereocenters. The van der Waals surface area contributed by atoms with E-state index in [2.05, 4.69) is 41.9 Å². The highest BCUT2D eigenvalue weighted by atomic mass is 16.1. The third-order valence-corrected chi connectivity index (χ3v) is 4.70. The first-order chi connectivity index (χ1) is 12.8. The average Bonchev–Trinajstić information content (AvgIpc) is 3.29. The third-order valence-electron chi connectivity index (χ3n) is 4.70. The smallest absolute Gasteiger partial charge is 0.274 e. The fraction of sp³-hybridized carbons (Fsp3) is 0.222. The van der Waals surface area contributed by atoms with Gasteiger partial charge in [-0.1, -0.05) is 30.3 Å². The normalized spacial score (nSPS) is 14.6. The van der Waals surface area contributed by atoms with Crippen LogP contribution in [0.2, 0.25) is 0 Å². The van der Waals surface area contributed by atoms with Crippen LogP contribution in [0.1, 0.15) is 11.5 Å². The molecule has 8 heteroatoms. The van der Waals surface area contributed by atoms with Crippen molar-refractivity contribution >= 4 is 5.65 Å². The van der Waals surface area contributed by atoms with Crippen LogP contribution < -0.4 is 5.56 Å². The maximum atomic E-state index is 12.1. The molecule has 0 unspecified atom stereocenters. The molecule has 0 saturated heterocycles. The van der Waals surface area contributed by atoms with Gasteiger partial charge in [-0.2, -0.15) is 9.61 Å². The van der Waals surface area contributed by atoms with Crippen LogP contribution in [0.5, 0.6) is 0 Å². The number of hydrogen-bond donors (Lipinski definition) is 1. The third kappa shape index (κ3) is 2.51. The maximum absolute atomic E-state index is 12.1. The van der Waals surface area contributed by atoms with E-state index in [-0.39, 0.29) is 5.56 Å². The lowest BCUT2D eigenvalue weighted by atomic mass is 10.2. The molecule has 1 aliphatic heterocycles. The molecule has 1 aromatic carbocycles. The number of H-pyrrole nitrogens is 1. The highest BCUT2D eigenvalue weighted by molar-refractivity contribution is 5.55. The second-order valence-electron chi connectivity index (χ2n) is 6.43. The Morgan fingerprint density at radius 1 is 1.08 bits per heavy atom. The molecule has 0 aliphatic carbocycles. The Labute approximate surface area is 148 Å². The predicted molar refractivity (Wildman–Crippen MR) is 95.4 cm³/mol. The number of rotatable bonds is 3. The molecule has 0 bridgehead atoms. The summed E-state index contributed by atoms with van der Waals surface area (Å²) in [5.41, 5.74) is 2.54. The minimum atomic E-state index is -0.120. The molecule has 1 aliphatic rings. The van der Waals surface area contributed by atoms with Crippen molar-refractivity contribution in [2.75, 3.05) is 6.54 Å². The lowest BCUT2D eigenvalue weighted by Crippen LogP contribution is -2.34. The van der Waals surface area contributed by atoms with Gasteiger partial charge < -0.3 is 9.55 Å². The zero-order chi connectivity index (χ0) is 17.5. The summed E-state index contributed by atoms with van der Waals surface area (Å²) >= 11 is 0. The fourth-order valence-corrected chi connectivity index (χ4v) is 3.45. The van der Waals surface area contributed by atoms with Crippen LogP contribution in [0.4, 0.5) is 0 Å². The van der Waals surface area contributed by atoms with Crippen LogP contribution in [-0.4, -0.2) is 40.8 Å². The van der Waals surface area contributed by atoms with Gasteiger partial charge in [-0.25, -0.2) is 0 Å². The molecule has 1 N–H and O–H groups in total. The Morgan fingerprint density at radius 3 is 2.85 bits per heavy atom. The van der Waals surface area contributed by atoms with Crippen molar-refractivity contribution in [1.82, 2.24) is 34.3 Å². The average molecular weight is 347 g/mol. The van der Waals surface area contributed by atoms with Crippen LogP contribution in [0, 0.1) is 0 Å². The number of aromatic amines is 1. The van der Waals surface area contributed by atoms with Gasteiger partial charge in [0.25, 0.3) is 5.56 Å². The van der Waals surface area contributed by atoms with Gasteiger partial charge in [0.15, 0.2) is 5.82 Å². The van der Waals surface area contributed by atoms with Gasteiger partial charge in [0.1, 0.15) is 11.5 Å². The molecule has 0 radical (unpaired) electrons. The van der Waals surface area contributed by atoms with Crippen molar-refractivity contribution in [3.63, 3.8) is 0 Å². The summed E-state index contributed by atoms with van der Waals surface area (Å²) in [5, 5.41) is 12.7. The molecule has 4 heterocycles. The molecule has 0 fully saturated rings. The Hall–Kier alpha value is -3.26. The van der Waals surface area contributed by atoms with Crippen LogP contribution in [0.3, 0.4) is 0 Å². The van der Waals surface area contributed by atoms with E-state index in [9.17, 15) is 4.79 Å². The van der Waals surface area contributed by atoms with E-state index in [0.717, 1.165) is 36.0 Å². The van der Waals surface area contributed by atoms with Crippen molar-refractivity contribution < 1.29 is 0 Å². The zero-order valence-corrected chi connectivity index (χ0v) is 14.0. The molecule has 3 aromatic heterocycles.